The standard InChI is InChI=1S/C23H17Cl2NO4/c24-19-7-3-1-5-15(19)11-17-13-26(21(27)9-10-22(28)29)14-18(23(17)30)12-16-6-2-4-8-20(16)25/h1-12H,13-14H2,(H,28,29)/b10-9?,17-11+,18-12?. The number of aliphatic carboxylic acids is 1. The molecule has 1 heterocycles. The Morgan fingerprint density at radius 3 is 1.73 bits per heavy atom. The average molecular weight is 442 g/mol. The Kier molecular flexibility index (Phi) is 6.87. The lowest BCUT2D eigenvalue weighted by atomic mass is 9.94. The number of rotatable bonds is 4. The number of ketones is 1. The van der Waals surface area contributed by atoms with Gasteiger partial charge in [0, 0.05) is 33.3 Å². The molecule has 5 nitrogen and oxygen atoms in total. The Bertz CT molecular complexity index is 1030. The van der Waals surface area contributed by atoms with Crippen LogP contribution >= 0.6 is 23.2 Å². The van der Waals surface area contributed by atoms with Crippen molar-refractivity contribution in [1.82, 2.24) is 4.90 Å². The van der Waals surface area contributed by atoms with Crippen molar-refractivity contribution in [3.05, 3.63) is 93.0 Å². The number of carbonyl (C=O) groups is 3. The van der Waals surface area contributed by atoms with Crippen molar-refractivity contribution in [3.8, 4) is 0 Å². The molecule has 1 fully saturated rings. The van der Waals surface area contributed by atoms with Gasteiger partial charge in [-0.05, 0) is 35.4 Å². The largest absolute Gasteiger partial charge is 0.478 e. The van der Waals surface area contributed by atoms with Gasteiger partial charge >= 0.3 is 5.97 Å². The number of carboxylic acids is 1. The molecule has 0 saturated carbocycles. The lowest BCUT2D eigenvalue weighted by Crippen LogP contribution is -2.40. The first-order valence-electron chi connectivity index (χ1n) is 9.00. The molecule has 0 aromatic heterocycles. The van der Waals surface area contributed by atoms with Gasteiger partial charge in [0.25, 0.3) is 0 Å². The van der Waals surface area contributed by atoms with Crippen molar-refractivity contribution in [2.75, 3.05) is 13.1 Å². The van der Waals surface area contributed by atoms with E-state index in [-0.39, 0.29) is 18.9 Å². The van der Waals surface area contributed by atoms with Crippen LogP contribution in [0.15, 0.2) is 71.8 Å². The molecule has 152 valence electrons. The van der Waals surface area contributed by atoms with E-state index in [1.165, 1.54) is 4.90 Å². The van der Waals surface area contributed by atoms with Crippen LogP contribution in [0.3, 0.4) is 0 Å². The third-order valence-corrected chi connectivity index (χ3v) is 5.14. The van der Waals surface area contributed by atoms with Crippen molar-refractivity contribution < 1.29 is 19.5 Å². The van der Waals surface area contributed by atoms with E-state index < -0.39 is 11.9 Å². The summed E-state index contributed by atoms with van der Waals surface area (Å²) >= 11 is 12.4. The molecular formula is C23H17Cl2NO4. The van der Waals surface area contributed by atoms with Crippen molar-refractivity contribution in [3.63, 3.8) is 0 Å². The molecule has 0 unspecified atom stereocenters. The van der Waals surface area contributed by atoms with Crippen molar-refractivity contribution >= 4 is 53.0 Å². The predicted octanol–water partition coefficient (Wildman–Crippen LogP) is 4.51. The fourth-order valence-corrected chi connectivity index (χ4v) is 3.38. The molecule has 2 aromatic carbocycles. The topological polar surface area (TPSA) is 74.7 Å². The Balaban J connectivity index is 2.03. The number of halogens is 2. The van der Waals surface area contributed by atoms with Crippen LogP contribution in [0.25, 0.3) is 12.2 Å². The number of nitrogens with zero attached hydrogens (tertiary/aromatic N) is 1. The molecule has 2 aromatic rings. The van der Waals surface area contributed by atoms with E-state index in [0.717, 1.165) is 12.2 Å². The van der Waals surface area contributed by atoms with Crippen LogP contribution in [0.1, 0.15) is 11.1 Å². The zero-order chi connectivity index (χ0) is 21.7. The highest BCUT2D eigenvalue weighted by atomic mass is 35.5. The molecule has 1 amide bonds. The molecule has 0 spiro atoms. The van der Waals surface area contributed by atoms with Gasteiger partial charge in [-0.1, -0.05) is 59.6 Å². The Morgan fingerprint density at radius 1 is 0.833 bits per heavy atom. The molecule has 1 saturated heterocycles. The maximum atomic E-state index is 13.1. The molecule has 1 aliphatic heterocycles. The summed E-state index contributed by atoms with van der Waals surface area (Å²) in [6, 6.07) is 14.1. The second kappa shape index (κ2) is 9.57. The normalized spacial score (nSPS) is 17.1. The minimum atomic E-state index is -1.23. The number of carbonyl (C=O) groups excluding carboxylic acids is 2. The van der Waals surface area contributed by atoms with Crippen LogP contribution in [-0.2, 0) is 14.4 Å². The zero-order valence-electron chi connectivity index (χ0n) is 15.7. The van der Waals surface area contributed by atoms with Gasteiger partial charge in [-0.2, -0.15) is 0 Å². The number of carboxylic acid groups (broad SMARTS) is 1. The average Bonchev–Trinajstić information content (AvgIpc) is 2.72. The summed E-state index contributed by atoms with van der Waals surface area (Å²) in [6.07, 6.45) is 5.03. The molecule has 0 atom stereocenters. The van der Waals surface area contributed by atoms with Gasteiger partial charge in [-0.15, -0.1) is 0 Å². The summed E-state index contributed by atoms with van der Waals surface area (Å²) in [6.45, 7) is 0.0689. The number of Topliss-reactive ketones (excluding diaryl/α,β-unsaturated/α-hetero) is 1. The van der Waals surface area contributed by atoms with Gasteiger partial charge in [0.2, 0.25) is 5.91 Å². The number of likely N-dealkylation sites (tertiary alicyclic amines) is 1. The van der Waals surface area contributed by atoms with Crippen LogP contribution in [0.5, 0.6) is 0 Å². The summed E-state index contributed by atoms with van der Waals surface area (Å²) in [4.78, 5) is 37.8. The van der Waals surface area contributed by atoms with E-state index in [9.17, 15) is 14.4 Å². The van der Waals surface area contributed by atoms with Crippen LogP contribution in [-0.4, -0.2) is 40.8 Å². The van der Waals surface area contributed by atoms with E-state index in [4.69, 9.17) is 28.3 Å². The van der Waals surface area contributed by atoms with Crippen molar-refractivity contribution in [2.45, 2.75) is 0 Å². The van der Waals surface area contributed by atoms with Gasteiger partial charge < -0.3 is 10.0 Å². The Morgan fingerprint density at radius 2 is 1.30 bits per heavy atom. The molecule has 0 aliphatic carbocycles. The number of piperidine rings is 1. The molecule has 1 N–H and O–H groups in total. The van der Waals surface area contributed by atoms with Gasteiger partial charge in [0.1, 0.15) is 0 Å². The Labute approximate surface area is 183 Å². The summed E-state index contributed by atoms with van der Waals surface area (Å²) in [5.74, 6) is -1.96. The molecule has 3 rings (SSSR count). The summed E-state index contributed by atoms with van der Waals surface area (Å²) < 4.78 is 0. The molecule has 7 heteroatoms. The SMILES string of the molecule is O=C(O)C=CC(=O)N1CC(=Cc2ccccc2Cl)C(=O)/C(=C/c2ccccc2Cl)C1. The van der Waals surface area contributed by atoms with Gasteiger partial charge in [0.15, 0.2) is 5.78 Å². The first kappa shape index (κ1) is 21.6. The molecule has 0 bridgehead atoms. The fourth-order valence-electron chi connectivity index (χ4n) is 3.00. The monoisotopic (exact) mass is 441 g/mol. The smallest absolute Gasteiger partial charge is 0.328 e. The maximum Gasteiger partial charge on any atom is 0.328 e. The quantitative estimate of drug-likeness (QED) is 0.707. The van der Waals surface area contributed by atoms with Crippen LogP contribution < -0.4 is 0 Å². The summed E-state index contributed by atoms with van der Waals surface area (Å²) in [5, 5.41) is 9.74. The van der Waals surface area contributed by atoms with E-state index in [1.54, 1.807) is 60.7 Å². The molecule has 1 aliphatic rings. The first-order chi connectivity index (χ1) is 14.3. The Hall–Kier alpha value is -3.15. The minimum absolute atomic E-state index is 0.0344. The van der Waals surface area contributed by atoms with Crippen LogP contribution in [0, 0.1) is 0 Å². The number of amides is 1. The van der Waals surface area contributed by atoms with E-state index >= 15 is 0 Å². The van der Waals surface area contributed by atoms with Crippen LogP contribution in [0.4, 0.5) is 0 Å². The van der Waals surface area contributed by atoms with E-state index in [0.29, 0.717) is 32.3 Å². The third-order valence-electron chi connectivity index (χ3n) is 4.46. The number of benzene rings is 2. The third kappa shape index (κ3) is 5.26. The molecule has 0 radical (unpaired) electrons. The lowest BCUT2D eigenvalue weighted by molar-refractivity contribution is -0.132. The van der Waals surface area contributed by atoms with Gasteiger partial charge in [-0.3, -0.25) is 9.59 Å². The fraction of sp³-hybridized carbons (Fsp3) is 0.0870. The highest BCUT2D eigenvalue weighted by molar-refractivity contribution is 6.33. The van der Waals surface area contributed by atoms with Crippen molar-refractivity contribution in [2.24, 2.45) is 0 Å². The first-order valence-corrected chi connectivity index (χ1v) is 9.75. The number of hydrogen-bond acceptors (Lipinski definition) is 3. The highest BCUT2D eigenvalue weighted by Crippen LogP contribution is 2.26. The minimum Gasteiger partial charge on any atom is -0.478 e. The predicted molar refractivity (Wildman–Crippen MR) is 117 cm³/mol. The lowest BCUT2D eigenvalue weighted by Gasteiger charge is -2.29. The highest BCUT2D eigenvalue weighted by Gasteiger charge is 2.28. The van der Waals surface area contributed by atoms with Gasteiger partial charge in [-0.25, -0.2) is 4.79 Å². The van der Waals surface area contributed by atoms with Crippen LogP contribution in [0.2, 0.25) is 10.0 Å². The molecular weight excluding hydrogens is 425 g/mol. The second-order valence-electron chi connectivity index (χ2n) is 6.58. The van der Waals surface area contributed by atoms with Gasteiger partial charge in [0.05, 0.1) is 13.1 Å². The number of hydrogen-bond donors (Lipinski definition) is 1. The van der Waals surface area contributed by atoms with E-state index in [2.05, 4.69) is 0 Å². The zero-order valence-corrected chi connectivity index (χ0v) is 17.2. The maximum absolute atomic E-state index is 13.1. The molecule has 30 heavy (non-hydrogen) atoms. The summed E-state index contributed by atoms with van der Waals surface area (Å²) in [7, 11) is 0. The van der Waals surface area contributed by atoms with E-state index in [1.807, 2.05) is 0 Å². The van der Waals surface area contributed by atoms with Crippen molar-refractivity contribution in [1.29, 1.82) is 0 Å². The summed E-state index contributed by atoms with van der Waals surface area (Å²) in [5.41, 5.74) is 2.03. The second-order valence-corrected chi connectivity index (χ2v) is 7.39.